The molecule has 82 valence electrons. The van der Waals surface area contributed by atoms with Crippen molar-refractivity contribution in [1.82, 2.24) is 9.88 Å². The summed E-state index contributed by atoms with van der Waals surface area (Å²) in [6.45, 7) is 1.98. The first-order chi connectivity index (χ1) is 7.40. The van der Waals surface area contributed by atoms with Crippen molar-refractivity contribution in [2.45, 2.75) is 31.8 Å². The van der Waals surface area contributed by atoms with Gasteiger partial charge in [0.25, 0.3) is 0 Å². The van der Waals surface area contributed by atoms with Crippen molar-refractivity contribution in [3.63, 3.8) is 0 Å². The fraction of sp³-hybridized carbons (Fsp3) is 0.583. The van der Waals surface area contributed by atoms with Crippen LogP contribution in [0.15, 0.2) is 24.5 Å². The maximum atomic E-state index is 5.83. The highest BCUT2D eigenvalue weighted by Crippen LogP contribution is 2.25. The van der Waals surface area contributed by atoms with E-state index < -0.39 is 0 Å². The van der Waals surface area contributed by atoms with Crippen LogP contribution < -0.4 is 0 Å². The molecule has 0 aromatic carbocycles. The molecule has 1 aromatic heterocycles. The number of alkyl halides is 1. The van der Waals surface area contributed by atoms with Gasteiger partial charge in [-0.1, -0.05) is 12.5 Å². The number of nitrogens with zero attached hydrogens (tertiary/aromatic N) is 2. The molecule has 1 aliphatic carbocycles. The second kappa shape index (κ2) is 5.47. The summed E-state index contributed by atoms with van der Waals surface area (Å²) in [5.41, 5.74) is 1.29. The number of hydrogen-bond donors (Lipinski definition) is 0. The van der Waals surface area contributed by atoms with E-state index in [0.717, 1.165) is 25.0 Å². The second-order valence-electron chi connectivity index (χ2n) is 4.11. The maximum absolute atomic E-state index is 5.83. The lowest BCUT2D eigenvalue weighted by Gasteiger charge is -2.37. The molecule has 0 bridgehead atoms. The number of aromatic nitrogens is 1. The van der Waals surface area contributed by atoms with E-state index in [2.05, 4.69) is 16.0 Å². The Labute approximate surface area is 96.3 Å². The summed E-state index contributed by atoms with van der Waals surface area (Å²) in [5, 5.41) is 0. The number of hydrogen-bond acceptors (Lipinski definition) is 2. The topological polar surface area (TPSA) is 16.1 Å². The molecule has 0 unspecified atom stereocenters. The fourth-order valence-corrected chi connectivity index (χ4v) is 2.19. The highest BCUT2D eigenvalue weighted by atomic mass is 35.5. The molecule has 3 heteroatoms. The van der Waals surface area contributed by atoms with Crippen LogP contribution in [-0.4, -0.2) is 28.4 Å². The van der Waals surface area contributed by atoms with Crippen molar-refractivity contribution >= 4 is 11.6 Å². The van der Waals surface area contributed by atoms with E-state index in [1.807, 2.05) is 18.5 Å². The molecule has 0 amide bonds. The third-order valence-corrected chi connectivity index (χ3v) is 3.24. The molecule has 15 heavy (non-hydrogen) atoms. The molecule has 0 aliphatic heterocycles. The quantitative estimate of drug-likeness (QED) is 0.715. The first kappa shape index (κ1) is 10.9. The van der Waals surface area contributed by atoms with Gasteiger partial charge >= 0.3 is 0 Å². The molecule has 1 fully saturated rings. The summed E-state index contributed by atoms with van der Waals surface area (Å²) >= 11 is 5.83. The van der Waals surface area contributed by atoms with Crippen molar-refractivity contribution < 1.29 is 0 Å². The standard InChI is InChI=1S/C12H17ClN2/c13-6-8-15(12-4-1-5-12)10-11-3-2-7-14-9-11/h2-3,7,9,12H,1,4-6,8,10H2. The normalized spacial score (nSPS) is 16.7. The molecule has 0 saturated heterocycles. The van der Waals surface area contributed by atoms with Gasteiger partial charge in [-0.2, -0.15) is 0 Å². The third-order valence-electron chi connectivity index (χ3n) is 3.07. The Morgan fingerprint density at radius 2 is 2.33 bits per heavy atom. The van der Waals surface area contributed by atoms with E-state index >= 15 is 0 Å². The zero-order chi connectivity index (χ0) is 10.5. The number of pyridine rings is 1. The van der Waals surface area contributed by atoms with E-state index in [1.54, 1.807) is 0 Å². The molecule has 0 radical (unpaired) electrons. The minimum Gasteiger partial charge on any atom is -0.295 e. The predicted octanol–water partition coefficient (Wildman–Crippen LogP) is 2.67. The zero-order valence-corrected chi connectivity index (χ0v) is 9.66. The van der Waals surface area contributed by atoms with Crippen molar-refractivity contribution in [3.05, 3.63) is 30.1 Å². The lowest BCUT2D eigenvalue weighted by atomic mass is 9.91. The predicted molar refractivity (Wildman–Crippen MR) is 63.0 cm³/mol. The van der Waals surface area contributed by atoms with Gasteiger partial charge in [0.1, 0.15) is 0 Å². The molecular formula is C12H17ClN2. The van der Waals surface area contributed by atoms with E-state index in [1.165, 1.54) is 24.8 Å². The van der Waals surface area contributed by atoms with Crippen LogP contribution in [-0.2, 0) is 6.54 Å². The van der Waals surface area contributed by atoms with Crippen LogP contribution in [0.25, 0.3) is 0 Å². The largest absolute Gasteiger partial charge is 0.295 e. The third kappa shape index (κ3) is 2.93. The molecule has 1 aliphatic rings. The Hall–Kier alpha value is -0.600. The van der Waals surface area contributed by atoms with Crippen LogP contribution in [0, 0.1) is 0 Å². The Bertz CT molecular complexity index is 285. The molecule has 2 rings (SSSR count). The highest BCUT2D eigenvalue weighted by molar-refractivity contribution is 6.18. The van der Waals surface area contributed by atoms with Crippen molar-refractivity contribution in [2.24, 2.45) is 0 Å². The zero-order valence-electron chi connectivity index (χ0n) is 8.90. The van der Waals surface area contributed by atoms with Gasteiger partial charge in [-0.15, -0.1) is 11.6 Å². The Morgan fingerprint density at radius 3 is 2.87 bits per heavy atom. The molecule has 0 spiro atoms. The minimum absolute atomic E-state index is 0.719. The average Bonchev–Trinajstić information content (AvgIpc) is 2.17. The number of rotatable bonds is 5. The molecular weight excluding hydrogens is 208 g/mol. The van der Waals surface area contributed by atoms with Crippen molar-refractivity contribution in [2.75, 3.05) is 12.4 Å². The Morgan fingerprint density at radius 1 is 1.47 bits per heavy atom. The lowest BCUT2D eigenvalue weighted by Crippen LogP contribution is -2.40. The van der Waals surface area contributed by atoms with Gasteiger partial charge in [0.05, 0.1) is 0 Å². The first-order valence-electron chi connectivity index (χ1n) is 5.59. The van der Waals surface area contributed by atoms with Gasteiger partial charge in [0.2, 0.25) is 0 Å². The Balaban J connectivity index is 1.93. The van der Waals surface area contributed by atoms with Crippen molar-refractivity contribution in [3.8, 4) is 0 Å². The van der Waals surface area contributed by atoms with E-state index in [4.69, 9.17) is 11.6 Å². The van der Waals surface area contributed by atoms with E-state index in [0.29, 0.717) is 0 Å². The summed E-state index contributed by atoms with van der Waals surface area (Å²) in [6.07, 6.45) is 7.80. The second-order valence-corrected chi connectivity index (χ2v) is 4.48. The molecule has 1 heterocycles. The fourth-order valence-electron chi connectivity index (χ4n) is 1.98. The minimum atomic E-state index is 0.719. The van der Waals surface area contributed by atoms with E-state index in [-0.39, 0.29) is 0 Å². The summed E-state index contributed by atoms with van der Waals surface area (Å²) in [7, 11) is 0. The Kier molecular flexibility index (Phi) is 3.98. The average molecular weight is 225 g/mol. The molecule has 1 saturated carbocycles. The molecule has 0 atom stereocenters. The van der Waals surface area contributed by atoms with Gasteiger partial charge in [-0.05, 0) is 24.5 Å². The van der Waals surface area contributed by atoms with Crippen LogP contribution in [0.1, 0.15) is 24.8 Å². The smallest absolute Gasteiger partial charge is 0.0351 e. The number of halogens is 1. The summed E-state index contributed by atoms with van der Waals surface area (Å²) in [5.74, 6) is 0.719. The lowest BCUT2D eigenvalue weighted by molar-refractivity contribution is 0.127. The monoisotopic (exact) mass is 224 g/mol. The first-order valence-corrected chi connectivity index (χ1v) is 6.12. The van der Waals surface area contributed by atoms with Crippen LogP contribution in [0.5, 0.6) is 0 Å². The molecule has 2 nitrogen and oxygen atoms in total. The van der Waals surface area contributed by atoms with Gasteiger partial charge in [0.15, 0.2) is 0 Å². The summed E-state index contributed by atoms with van der Waals surface area (Å²) < 4.78 is 0. The van der Waals surface area contributed by atoms with Gasteiger partial charge in [-0.3, -0.25) is 9.88 Å². The van der Waals surface area contributed by atoms with Crippen LogP contribution in [0.3, 0.4) is 0 Å². The molecule has 0 N–H and O–H groups in total. The van der Waals surface area contributed by atoms with E-state index in [9.17, 15) is 0 Å². The van der Waals surface area contributed by atoms with Crippen LogP contribution in [0.4, 0.5) is 0 Å². The summed E-state index contributed by atoms with van der Waals surface area (Å²) in [6, 6.07) is 4.88. The van der Waals surface area contributed by atoms with Gasteiger partial charge in [-0.25, -0.2) is 0 Å². The van der Waals surface area contributed by atoms with Gasteiger partial charge < -0.3 is 0 Å². The SMILES string of the molecule is ClCCN(Cc1cccnc1)C1CCC1. The van der Waals surface area contributed by atoms with Crippen LogP contribution >= 0.6 is 11.6 Å². The molecule has 1 aromatic rings. The highest BCUT2D eigenvalue weighted by Gasteiger charge is 2.24. The van der Waals surface area contributed by atoms with Crippen LogP contribution in [0.2, 0.25) is 0 Å². The maximum Gasteiger partial charge on any atom is 0.0351 e. The van der Waals surface area contributed by atoms with Crippen molar-refractivity contribution in [1.29, 1.82) is 0 Å². The summed E-state index contributed by atoms with van der Waals surface area (Å²) in [4.78, 5) is 6.62. The van der Waals surface area contributed by atoms with Gasteiger partial charge in [0, 0.05) is 37.4 Å².